The minimum Gasteiger partial charge on any atom is -0.508 e. The van der Waals surface area contributed by atoms with E-state index >= 15 is 0 Å². The molecule has 0 bridgehead atoms. The largest absolute Gasteiger partial charge is 0.508 e. The van der Waals surface area contributed by atoms with Crippen molar-refractivity contribution in [2.75, 3.05) is 12.4 Å². The second-order valence-corrected chi connectivity index (χ2v) is 4.95. The fraction of sp³-hybridized carbons (Fsp3) is 0.308. The van der Waals surface area contributed by atoms with Crippen molar-refractivity contribution < 1.29 is 14.6 Å². The van der Waals surface area contributed by atoms with E-state index in [1.165, 1.54) is 11.8 Å². The zero-order valence-electron chi connectivity index (χ0n) is 11.2. The smallest absolute Gasteiger partial charge is 0.316 e. The van der Waals surface area contributed by atoms with Crippen LogP contribution in [-0.2, 0) is 16.6 Å². The SMILES string of the molecule is CCOC(=O)CSc1nnc(-c2ccc(O)cc2)n1C. The van der Waals surface area contributed by atoms with Crippen LogP contribution >= 0.6 is 11.8 Å². The lowest BCUT2D eigenvalue weighted by molar-refractivity contribution is -0.139. The van der Waals surface area contributed by atoms with Crippen molar-refractivity contribution in [3.63, 3.8) is 0 Å². The first-order chi connectivity index (χ1) is 9.61. The Kier molecular flexibility index (Phi) is 4.62. The number of phenols is 1. The highest BCUT2D eigenvalue weighted by molar-refractivity contribution is 7.99. The van der Waals surface area contributed by atoms with E-state index in [1.54, 1.807) is 35.8 Å². The minimum absolute atomic E-state index is 0.202. The number of carbonyl (C=O) groups is 1. The standard InChI is InChI=1S/C13H15N3O3S/c1-3-19-11(18)8-20-13-15-14-12(16(13)2)9-4-6-10(17)7-5-9/h4-7,17H,3,8H2,1-2H3. The van der Waals surface area contributed by atoms with Gasteiger partial charge < -0.3 is 14.4 Å². The van der Waals surface area contributed by atoms with Gasteiger partial charge in [-0.3, -0.25) is 4.79 Å². The number of aromatic hydroxyl groups is 1. The van der Waals surface area contributed by atoms with Crippen molar-refractivity contribution in [1.82, 2.24) is 14.8 Å². The number of ether oxygens (including phenoxy) is 1. The summed E-state index contributed by atoms with van der Waals surface area (Å²) in [6.45, 7) is 2.14. The van der Waals surface area contributed by atoms with Crippen LogP contribution in [-0.4, -0.2) is 38.2 Å². The molecule has 0 aliphatic carbocycles. The van der Waals surface area contributed by atoms with Crippen molar-refractivity contribution >= 4 is 17.7 Å². The monoisotopic (exact) mass is 293 g/mol. The Morgan fingerprint density at radius 3 is 2.70 bits per heavy atom. The number of phenolic OH excluding ortho intramolecular Hbond substituents is 1. The lowest BCUT2D eigenvalue weighted by Gasteiger charge is -2.04. The summed E-state index contributed by atoms with van der Waals surface area (Å²) in [5.74, 6) is 0.811. The fourth-order valence-corrected chi connectivity index (χ4v) is 2.34. The van der Waals surface area contributed by atoms with Crippen LogP contribution in [0.1, 0.15) is 6.92 Å². The lowest BCUT2D eigenvalue weighted by atomic mass is 10.2. The molecule has 0 atom stereocenters. The summed E-state index contributed by atoms with van der Waals surface area (Å²) < 4.78 is 6.66. The van der Waals surface area contributed by atoms with Crippen LogP contribution in [0.15, 0.2) is 29.4 Å². The van der Waals surface area contributed by atoms with Crippen molar-refractivity contribution in [3.05, 3.63) is 24.3 Å². The van der Waals surface area contributed by atoms with Gasteiger partial charge in [-0.25, -0.2) is 0 Å². The number of carbonyl (C=O) groups excluding carboxylic acids is 1. The average molecular weight is 293 g/mol. The zero-order valence-corrected chi connectivity index (χ0v) is 12.1. The molecule has 0 spiro atoms. The number of aromatic nitrogens is 3. The number of hydrogen-bond donors (Lipinski definition) is 1. The van der Waals surface area contributed by atoms with Gasteiger partial charge in [0.2, 0.25) is 0 Å². The molecule has 2 aromatic rings. The maximum atomic E-state index is 11.3. The Bertz CT molecular complexity index is 595. The van der Waals surface area contributed by atoms with Gasteiger partial charge >= 0.3 is 5.97 Å². The highest BCUT2D eigenvalue weighted by Gasteiger charge is 2.13. The van der Waals surface area contributed by atoms with Crippen molar-refractivity contribution in [2.24, 2.45) is 7.05 Å². The molecule has 0 amide bonds. The van der Waals surface area contributed by atoms with Crippen LogP contribution in [0.2, 0.25) is 0 Å². The quantitative estimate of drug-likeness (QED) is 0.669. The normalized spacial score (nSPS) is 10.5. The number of benzene rings is 1. The molecule has 0 saturated carbocycles. The van der Waals surface area contributed by atoms with E-state index < -0.39 is 0 Å². The van der Waals surface area contributed by atoms with Crippen LogP contribution in [0.3, 0.4) is 0 Å². The first-order valence-corrected chi connectivity index (χ1v) is 7.07. The number of rotatable bonds is 5. The third kappa shape index (κ3) is 3.30. The molecular weight excluding hydrogens is 278 g/mol. The van der Waals surface area contributed by atoms with E-state index in [9.17, 15) is 9.90 Å². The summed E-state index contributed by atoms with van der Waals surface area (Å²) in [4.78, 5) is 11.3. The predicted octanol–water partition coefficient (Wildman–Crippen LogP) is 1.84. The van der Waals surface area contributed by atoms with Gasteiger partial charge in [-0.05, 0) is 31.2 Å². The highest BCUT2D eigenvalue weighted by atomic mass is 32.2. The summed E-state index contributed by atoms with van der Waals surface area (Å²) in [5.41, 5.74) is 0.848. The molecular formula is C13H15N3O3S. The Morgan fingerprint density at radius 2 is 2.05 bits per heavy atom. The van der Waals surface area contributed by atoms with E-state index in [-0.39, 0.29) is 17.5 Å². The molecule has 0 aliphatic rings. The maximum absolute atomic E-state index is 11.3. The number of thioether (sulfide) groups is 1. The average Bonchev–Trinajstić information content (AvgIpc) is 2.79. The summed E-state index contributed by atoms with van der Waals surface area (Å²) >= 11 is 1.28. The van der Waals surface area contributed by atoms with Crippen LogP contribution in [0, 0.1) is 0 Å². The van der Waals surface area contributed by atoms with Crippen molar-refractivity contribution in [2.45, 2.75) is 12.1 Å². The van der Waals surface area contributed by atoms with Gasteiger partial charge in [0, 0.05) is 12.6 Å². The number of nitrogens with zero attached hydrogens (tertiary/aromatic N) is 3. The Hall–Kier alpha value is -2.02. The zero-order chi connectivity index (χ0) is 14.5. The maximum Gasteiger partial charge on any atom is 0.316 e. The Morgan fingerprint density at radius 1 is 1.35 bits per heavy atom. The molecule has 6 nitrogen and oxygen atoms in total. The number of esters is 1. The summed E-state index contributed by atoms with van der Waals surface area (Å²) in [6, 6.07) is 6.71. The molecule has 20 heavy (non-hydrogen) atoms. The molecule has 106 valence electrons. The van der Waals surface area contributed by atoms with E-state index in [1.807, 2.05) is 7.05 Å². The first kappa shape index (κ1) is 14.4. The molecule has 1 heterocycles. The molecule has 0 radical (unpaired) electrons. The topological polar surface area (TPSA) is 77.2 Å². The Labute approximate surface area is 120 Å². The van der Waals surface area contributed by atoms with Gasteiger partial charge in [0.1, 0.15) is 5.75 Å². The predicted molar refractivity (Wildman–Crippen MR) is 75.5 cm³/mol. The third-order valence-electron chi connectivity index (χ3n) is 2.58. The molecule has 0 fully saturated rings. The minimum atomic E-state index is -0.272. The summed E-state index contributed by atoms with van der Waals surface area (Å²) in [7, 11) is 1.83. The molecule has 0 saturated heterocycles. The lowest BCUT2D eigenvalue weighted by Crippen LogP contribution is -2.07. The first-order valence-electron chi connectivity index (χ1n) is 6.09. The summed E-state index contributed by atoms with van der Waals surface area (Å²) in [5, 5.41) is 18.1. The van der Waals surface area contributed by atoms with Crippen molar-refractivity contribution in [3.8, 4) is 17.1 Å². The molecule has 1 aromatic carbocycles. The van der Waals surface area contributed by atoms with Gasteiger partial charge in [0.05, 0.1) is 12.4 Å². The van der Waals surface area contributed by atoms with Crippen LogP contribution in [0.4, 0.5) is 0 Å². The molecule has 1 aromatic heterocycles. The van der Waals surface area contributed by atoms with Gasteiger partial charge in [-0.2, -0.15) is 0 Å². The van der Waals surface area contributed by atoms with Crippen molar-refractivity contribution in [1.29, 1.82) is 0 Å². The fourth-order valence-electron chi connectivity index (χ4n) is 1.63. The van der Waals surface area contributed by atoms with E-state index in [4.69, 9.17) is 4.74 Å². The van der Waals surface area contributed by atoms with Crippen LogP contribution < -0.4 is 0 Å². The van der Waals surface area contributed by atoms with E-state index in [0.717, 1.165) is 5.56 Å². The van der Waals surface area contributed by atoms with Crippen LogP contribution in [0.5, 0.6) is 5.75 Å². The molecule has 0 unspecified atom stereocenters. The van der Waals surface area contributed by atoms with Gasteiger partial charge in [0.25, 0.3) is 0 Å². The molecule has 1 N–H and O–H groups in total. The Balaban J connectivity index is 2.11. The van der Waals surface area contributed by atoms with E-state index in [2.05, 4.69) is 10.2 Å². The molecule has 2 rings (SSSR count). The highest BCUT2D eigenvalue weighted by Crippen LogP contribution is 2.24. The summed E-state index contributed by atoms with van der Waals surface area (Å²) in [6.07, 6.45) is 0. The van der Waals surface area contributed by atoms with Crippen LogP contribution in [0.25, 0.3) is 11.4 Å². The van der Waals surface area contributed by atoms with Gasteiger partial charge in [0.15, 0.2) is 11.0 Å². The van der Waals surface area contributed by atoms with Gasteiger partial charge in [-0.1, -0.05) is 11.8 Å². The number of hydrogen-bond acceptors (Lipinski definition) is 6. The third-order valence-corrected chi connectivity index (χ3v) is 3.58. The molecule has 0 aliphatic heterocycles. The van der Waals surface area contributed by atoms with E-state index in [0.29, 0.717) is 17.6 Å². The second-order valence-electron chi connectivity index (χ2n) is 4.01. The van der Waals surface area contributed by atoms with Gasteiger partial charge in [-0.15, -0.1) is 10.2 Å². The molecule has 7 heteroatoms. The second kappa shape index (κ2) is 6.42.